The van der Waals surface area contributed by atoms with E-state index in [1.54, 1.807) is 18.2 Å². The first-order valence-corrected chi connectivity index (χ1v) is 18.0. The van der Waals surface area contributed by atoms with Gasteiger partial charge in [-0.05, 0) is 61.2 Å². The Balaban J connectivity index is 1.58. The predicted octanol–water partition coefficient (Wildman–Crippen LogP) is 7.59. The Labute approximate surface area is 287 Å². The number of sulfonamides is 1. The summed E-state index contributed by atoms with van der Waals surface area (Å²) in [5.74, 6) is -0.805. The lowest BCUT2D eigenvalue weighted by molar-refractivity contribution is -0.140. The SMILES string of the molecule is Cc1cccc(CN(C(=O)CN(c2ccc(Cl)cc2Cl)S(=O)(=O)c2ccccc2)C(Cc2ccccc2)C(=O)NC2CCCCC2)c1. The normalized spacial score (nSPS) is 14.3. The van der Waals surface area contributed by atoms with Crippen LogP contribution in [0.5, 0.6) is 0 Å². The van der Waals surface area contributed by atoms with Crippen molar-refractivity contribution in [3.05, 3.63) is 130 Å². The lowest BCUT2D eigenvalue weighted by Gasteiger charge is -2.35. The van der Waals surface area contributed by atoms with Gasteiger partial charge in [-0.15, -0.1) is 0 Å². The minimum atomic E-state index is -4.27. The van der Waals surface area contributed by atoms with Crippen LogP contribution >= 0.6 is 23.2 Å². The first-order valence-electron chi connectivity index (χ1n) is 15.8. The molecule has 4 aromatic carbocycles. The van der Waals surface area contributed by atoms with Crippen molar-refractivity contribution < 1.29 is 18.0 Å². The maximum atomic E-state index is 14.7. The maximum absolute atomic E-state index is 14.7. The summed E-state index contributed by atoms with van der Waals surface area (Å²) >= 11 is 12.8. The number of nitrogens with one attached hydrogen (secondary N) is 1. The molecule has 1 aliphatic rings. The molecule has 7 nitrogen and oxygen atoms in total. The number of carbonyl (C=O) groups excluding carboxylic acids is 2. The van der Waals surface area contributed by atoms with Crippen molar-refractivity contribution in [2.45, 2.75) is 69.0 Å². The van der Waals surface area contributed by atoms with Crippen LogP contribution in [-0.4, -0.2) is 43.8 Å². The Morgan fingerprint density at radius 3 is 2.15 bits per heavy atom. The molecule has 1 aliphatic carbocycles. The highest BCUT2D eigenvalue weighted by Crippen LogP contribution is 2.33. The van der Waals surface area contributed by atoms with E-state index in [4.69, 9.17) is 23.2 Å². The number of anilines is 1. The van der Waals surface area contributed by atoms with Crippen LogP contribution in [0.4, 0.5) is 5.69 Å². The van der Waals surface area contributed by atoms with Crippen molar-refractivity contribution in [2.24, 2.45) is 0 Å². The number of hydrogen-bond donors (Lipinski definition) is 1. The molecule has 0 radical (unpaired) electrons. The number of aryl methyl sites for hydroxylation is 1. The van der Waals surface area contributed by atoms with Crippen molar-refractivity contribution >= 4 is 50.7 Å². The Morgan fingerprint density at radius 2 is 1.49 bits per heavy atom. The van der Waals surface area contributed by atoms with Crippen LogP contribution in [0.1, 0.15) is 48.8 Å². The van der Waals surface area contributed by atoms with Crippen LogP contribution in [0, 0.1) is 6.92 Å². The van der Waals surface area contributed by atoms with Crippen LogP contribution in [-0.2, 0) is 32.6 Å². The largest absolute Gasteiger partial charge is 0.352 e. The summed E-state index contributed by atoms with van der Waals surface area (Å²) < 4.78 is 29.4. The zero-order chi connectivity index (χ0) is 33.4. The number of halogens is 2. The number of amides is 2. The molecule has 0 aromatic heterocycles. The average Bonchev–Trinajstić information content (AvgIpc) is 3.07. The molecule has 10 heteroatoms. The fraction of sp³-hybridized carbons (Fsp3) is 0.297. The molecule has 1 atom stereocenters. The van der Waals surface area contributed by atoms with E-state index < -0.39 is 28.5 Å². The second-order valence-corrected chi connectivity index (χ2v) is 14.7. The molecule has 47 heavy (non-hydrogen) atoms. The van der Waals surface area contributed by atoms with Crippen LogP contribution < -0.4 is 9.62 Å². The van der Waals surface area contributed by atoms with Gasteiger partial charge in [-0.2, -0.15) is 0 Å². The van der Waals surface area contributed by atoms with E-state index in [1.807, 2.05) is 61.5 Å². The monoisotopic (exact) mass is 691 g/mol. The molecule has 1 saturated carbocycles. The number of hydrogen-bond acceptors (Lipinski definition) is 4. The summed E-state index contributed by atoms with van der Waals surface area (Å²) in [6.45, 7) is 1.47. The molecule has 0 bridgehead atoms. The molecule has 0 saturated heterocycles. The van der Waals surface area contributed by atoms with Gasteiger partial charge in [0.15, 0.2) is 0 Å². The Bertz CT molecular complexity index is 1780. The van der Waals surface area contributed by atoms with Gasteiger partial charge in [-0.25, -0.2) is 8.42 Å². The fourth-order valence-corrected chi connectivity index (χ4v) is 8.04. The number of carbonyl (C=O) groups is 2. The van der Waals surface area contributed by atoms with Gasteiger partial charge >= 0.3 is 0 Å². The predicted molar refractivity (Wildman–Crippen MR) is 188 cm³/mol. The number of benzene rings is 4. The van der Waals surface area contributed by atoms with Crippen LogP contribution in [0.15, 0.2) is 108 Å². The third-order valence-electron chi connectivity index (χ3n) is 8.45. The van der Waals surface area contributed by atoms with E-state index in [1.165, 1.54) is 35.2 Å². The number of rotatable bonds is 12. The molecule has 1 fully saturated rings. The average molecular weight is 693 g/mol. The van der Waals surface area contributed by atoms with Crippen molar-refractivity contribution in [2.75, 3.05) is 10.8 Å². The highest BCUT2D eigenvalue weighted by Gasteiger charge is 2.36. The third kappa shape index (κ3) is 8.95. The van der Waals surface area contributed by atoms with Gasteiger partial charge in [0.05, 0.1) is 15.6 Å². The molecule has 0 spiro atoms. The van der Waals surface area contributed by atoms with Crippen molar-refractivity contribution in [1.29, 1.82) is 0 Å². The molecule has 246 valence electrons. The zero-order valence-corrected chi connectivity index (χ0v) is 28.6. The van der Waals surface area contributed by atoms with Crippen molar-refractivity contribution in [3.63, 3.8) is 0 Å². The van der Waals surface area contributed by atoms with E-state index in [2.05, 4.69) is 5.32 Å². The number of nitrogens with zero attached hydrogens (tertiary/aromatic N) is 2. The lowest BCUT2D eigenvalue weighted by Crippen LogP contribution is -2.55. The molecule has 0 aliphatic heterocycles. The van der Waals surface area contributed by atoms with Crippen LogP contribution in [0.25, 0.3) is 0 Å². The lowest BCUT2D eigenvalue weighted by atomic mass is 9.94. The van der Waals surface area contributed by atoms with Gasteiger partial charge in [-0.3, -0.25) is 13.9 Å². The van der Waals surface area contributed by atoms with E-state index in [0.717, 1.165) is 53.1 Å². The first-order chi connectivity index (χ1) is 22.6. The van der Waals surface area contributed by atoms with Gasteiger partial charge in [0, 0.05) is 24.0 Å². The second-order valence-electron chi connectivity index (χ2n) is 12.0. The standard InChI is InChI=1S/C37H39Cl2N3O4S/c1-27-12-11-15-29(22-27)25-41(35(23-28-13-5-2-6-14-28)37(44)40-31-16-7-3-8-17-31)36(43)26-42(34-21-20-30(38)24-33(34)39)47(45,46)32-18-9-4-10-19-32/h2,4-6,9-15,18-22,24,31,35H,3,7-8,16-17,23,25-26H2,1H3,(H,40,44). The highest BCUT2D eigenvalue weighted by molar-refractivity contribution is 7.92. The van der Waals surface area contributed by atoms with E-state index in [9.17, 15) is 18.0 Å². The van der Waals surface area contributed by atoms with Gasteiger partial charge in [-0.1, -0.05) is 121 Å². The van der Waals surface area contributed by atoms with Gasteiger partial charge in [0.2, 0.25) is 11.8 Å². The summed E-state index contributed by atoms with van der Waals surface area (Å²) in [7, 11) is -4.27. The fourth-order valence-electron chi connectivity index (χ4n) is 6.02. The minimum absolute atomic E-state index is 0.0000667. The quantitative estimate of drug-likeness (QED) is 0.166. The van der Waals surface area contributed by atoms with Crippen molar-refractivity contribution in [3.8, 4) is 0 Å². The van der Waals surface area contributed by atoms with Crippen molar-refractivity contribution in [1.82, 2.24) is 10.2 Å². The molecule has 0 heterocycles. The third-order valence-corrected chi connectivity index (χ3v) is 10.8. The first kappa shape index (κ1) is 34.5. The van der Waals surface area contributed by atoms with E-state index in [-0.39, 0.29) is 40.5 Å². The van der Waals surface area contributed by atoms with Gasteiger partial charge < -0.3 is 10.2 Å². The topological polar surface area (TPSA) is 86.8 Å². The summed E-state index contributed by atoms with van der Waals surface area (Å²) in [6, 6.07) is 28.7. The molecule has 1 unspecified atom stereocenters. The Morgan fingerprint density at radius 1 is 0.830 bits per heavy atom. The summed E-state index contributed by atoms with van der Waals surface area (Å²) in [5, 5.41) is 3.63. The summed E-state index contributed by atoms with van der Waals surface area (Å²) in [4.78, 5) is 30.4. The van der Waals surface area contributed by atoms with Gasteiger partial charge in [0.25, 0.3) is 10.0 Å². The Kier molecular flexibility index (Phi) is 11.6. The molecular weight excluding hydrogens is 653 g/mol. The van der Waals surface area contributed by atoms with Crippen LogP contribution in [0.2, 0.25) is 10.0 Å². The van der Waals surface area contributed by atoms with E-state index >= 15 is 0 Å². The summed E-state index contributed by atoms with van der Waals surface area (Å²) in [6.07, 6.45) is 5.23. The maximum Gasteiger partial charge on any atom is 0.264 e. The molecule has 2 amide bonds. The van der Waals surface area contributed by atoms with E-state index in [0.29, 0.717) is 5.02 Å². The van der Waals surface area contributed by atoms with Crippen LogP contribution in [0.3, 0.4) is 0 Å². The zero-order valence-electron chi connectivity index (χ0n) is 26.3. The molecule has 5 rings (SSSR count). The Hall–Kier alpha value is -3.85. The molecule has 1 N–H and O–H groups in total. The minimum Gasteiger partial charge on any atom is -0.352 e. The molecular formula is C37H39Cl2N3O4S. The van der Waals surface area contributed by atoms with Gasteiger partial charge in [0.1, 0.15) is 12.6 Å². The molecule has 4 aromatic rings. The summed E-state index contributed by atoms with van der Waals surface area (Å²) in [5.41, 5.74) is 2.81. The second kappa shape index (κ2) is 15.8. The highest BCUT2D eigenvalue weighted by atomic mass is 35.5. The smallest absolute Gasteiger partial charge is 0.264 e.